The lowest BCUT2D eigenvalue weighted by Crippen LogP contribution is -2.13. The van der Waals surface area contributed by atoms with Gasteiger partial charge in [-0.1, -0.05) is 24.8 Å². The van der Waals surface area contributed by atoms with Crippen LogP contribution in [-0.2, 0) is 12.2 Å². The van der Waals surface area contributed by atoms with Crippen LogP contribution in [0, 0.1) is 0 Å². The Kier molecular flexibility index (Phi) is 3.40. The van der Waals surface area contributed by atoms with Crippen molar-refractivity contribution in [3.63, 3.8) is 0 Å². The maximum atomic E-state index is 5.83. The van der Waals surface area contributed by atoms with E-state index >= 15 is 0 Å². The van der Waals surface area contributed by atoms with Gasteiger partial charge in [0, 0.05) is 24.6 Å². The summed E-state index contributed by atoms with van der Waals surface area (Å²) >= 11 is 1.56. The summed E-state index contributed by atoms with van der Waals surface area (Å²) in [6, 6.07) is 3.94. The van der Waals surface area contributed by atoms with E-state index in [4.69, 9.17) is 5.84 Å². The van der Waals surface area contributed by atoms with Gasteiger partial charge >= 0.3 is 0 Å². The summed E-state index contributed by atoms with van der Waals surface area (Å²) in [6.07, 6.45) is 4.39. The Labute approximate surface area is 98.1 Å². The quantitative estimate of drug-likeness (QED) is 0.638. The number of aromatic nitrogens is 4. The highest BCUT2D eigenvalue weighted by atomic mass is 32.2. The molecule has 2 N–H and O–H groups in total. The third-order valence-electron chi connectivity index (χ3n) is 2.14. The molecule has 0 spiro atoms. The van der Waals surface area contributed by atoms with E-state index in [1.165, 1.54) is 0 Å². The average Bonchev–Trinajstić information content (AvgIpc) is 2.69. The van der Waals surface area contributed by atoms with Crippen LogP contribution in [0.5, 0.6) is 0 Å². The monoisotopic (exact) mass is 235 g/mol. The second-order valence-electron chi connectivity index (χ2n) is 3.27. The van der Waals surface area contributed by atoms with Crippen molar-refractivity contribution in [2.24, 2.45) is 0 Å². The van der Waals surface area contributed by atoms with Gasteiger partial charge in [-0.2, -0.15) is 0 Å². The fourth-order valence-electron chi connectivity index (χ4n) is 1.28. The summed E-state index contributed by atoms with van der Waals surface area (Å²) < 4.78 is 1.54. The Morgan fingerprint density at radius 2 is 2.31 bits per heavy atom. The van der Waals surface area contributed by atoms with Crippen molar-refractivity contribution in [3.8, 4) is 0 Å². The molecule has 0 aliphatic carbocycles. The number of hydrogen-bond donors (Lipinski definition) is 1. The minimum absolute atomic E-state index is 0.737. The molecule has 2 rings (SSSR count). The van der Waals surface area contributed by atoms with Crippen molar-refractivity contribution < 1.29 is 0 Å². The van der Waals surface area contributed by atoms with E-state index in [0.717, 1.165) is 28.7 Å². The van der Waals surface area contributed by atoms with Crippen LogP contribution in [0.1, 0.15) is 18.3 Å². The molecule has 0 atom stereocenters. The van der Waals surface area contributed by atoms with E-state index in [9.17, 15) is 0 Å². The van der Waals surface area contributed by atoms with E-state index in [1.807, 2.05) is 25.3 Å². The molecule has 0 aliphatic heterocycles. The SMILES string of the molecule is CCc1nnc(SCc2cccnc2)n1N. The van der Waals surface area contributed by atoms with Crippen LogP contribution < -0.4 is 5.84 Å². The van der Waals surface area contributed by atoms with Gasteiger partial charge in [0.1, 0.15) is 0 Å². The Morgan fingerprint density at radius 3 is 2.94 bits per heavy atom. The largest absolute Gasteiger partial charge is 0.336 e. The van der Waals surface area contributed by atoms with Gasteiger partial charge < -0.3 is 5.84 Å². The molecule has 0 saturated carbocycles. The molecule has 6 heteroatoms. The summed E-state index contributed by atoms with van der Waals surface area (Å²) in [5, 5.41) is 8.77. The predicted octanol–water partition coefficient (Wildman–Crippen LogP) is 1.24. The van der Waals surface area contributed by atoms with E-state index in [1.54, 1.807) is 22.6 Å². The van der Waals surface area contributed by atoms with Gasteiger partial charge in [-0.25, -0.2) is 4.68 Å². The van der Waals surface area contributed by atoms with Crippen molar-refractivity contribution in [1.82, 2.24) is 19.9 Å². The third-order valence-corrected chi connectivity index (χ3v) is 3.16. The first-order valence-electron chi connectivity index (χ1n) is 5.02. The summed E-state index contributed by atoms with van der Waals surface area (Å²) in [6.45, 7) is 2.00. The lowest BCUT2D eigenvalue weighted by Gasteiger charge is -2.01. The average molecular weight is 235 g/mol. The maximum Gasteiger partial charge on any atom is 0.210 e. The van der Waals surface area contributed by atoms with Crippen LogP contribution in [0.2, 0.25) is 0 Å². The molecule has 0 saturated heterocycles. The van der Waals surface area contributed by atoms with Gasteiger partial charge in [0.15, 0.2) is 5.82 Å². The van der Waals surface area contributed by atoms with E-state index in [0.29, 0.717) is 0 Å². The lowest BCUT2D eigenvalue weighted by molar-refractivity contribution is 0.796. The third kappa shape index (κ3) is 2.33. The van der Waals surface area contributed by atoms with E-state index in [2.05, 4.69) is 15.2 Å². The van der Waals surface area contributed by atoms with Gasteiger partial charge in [0.05, 0.1) is 0 Å². The van der Waals surface area contributed by atoms with Crippen molar-refractivity contribution in [2.45, 2.75) is 24.3 Å². The molecule has 0 radical (unpaired) electrons. The standard InChI is InChI=1S/C10H13N5S/c1-2-9-13-14-10(15(9)11)16-7-8-4-3-5-12-6-8/h3-6H,2,7,11H2,1H3. The van der Waals surface area contributed by atoms with Gasteiger partial charge in [-0.05, 0) is 11.6 Å². The molecular weight excluding hydrogens is 222 g/mol. The van der Waals surface area contributed by atoms with Crippen molar-refractivity contribution in [1.29, 1.82) is 0 Å². The molecule has 0 aromatic carbocycles. The van der Waals surface area contributed by atoms with Crippen LogP contribution in [0.3, 0.4) is 0 Å². The number of thioether (sulfide) groups is 1. The van der Waals surface area contributed by atoms with Crippen molar-refractivity contribution in [2.75, 3.05) is 5.84 Å². The summed E-state index contributed by atoms with van der Waals surface area (Å²) in [5.74, 6) is 7.43. The van der Waals surface area contributed by atoms with Crippen molar-refractivity contribution >= 4 is 11.8 Å². The fraction of sp³-hybridized carbons (Fsp3) is 0.300. The smallest absolute Gasteiger partial charge is 0.210 e. The zero-order chi connectivity index (χ0) is 11.4. The first-order valence-corrected chi connectivity index (χ1v) is 6.01. The highest BCUT2D eigenvalue weighted by Gasteiger charge is 2.08. The molecule has 84 valence electrons. The Bertz CT molecular complexity index is 453. The number of nitrogen functional groups attached to an aromatic ring is 1. The minimum atomic E-state index is 0.737. The normalized spacial score (nSPS) is 10.6. The van der Waals surface area contributed by atoms with Crippen LogP contribution in [0.15, 0.2) is 29.7 Å². The first kappa shape index (κ1) is 10.9. The minimum Gasteiger partial charge on any atom is -0.336 e. The highest BCUT2D eigenvalue weighted by molar-refractivity contribution is 7.98. The first-order chi connectivity index (χ1) is 7.81. The molecule has 2 aromatic heterocycles. The Balaban J connectivity index is 2.02. The summed E-state index contributed by atoms with van der Waals surface area (Å²) in [4.78, 5) is 4.05. The molecular formula is C10H13N5S. The molecule has 5 nitrogen and oxygen atoms in total. The van der Waals surface area contributed by atoms with Gasteiger partial charge in [-0.15, -0.1) is 10.2 Å². The molecule has 16 heavy (non-hydrogen) atoms. The predicted molar refractivity (Wildman–Crippen MR) is 63.3 cm³/mol. The van der Waals surface area contributed by atoms with Crippen LogP contribution in [0.4, 0.5) is 0 Å². The second-order valence-corrected chi connectivity index (χ2v) is 4.21. The summed E-state index contributed by atoms with van der Waals surface area (Å²) in [5.41, 5.74) is 1.15. The second kappa shape index (κ2) is 4.98. The van der Waals surface area contributed by atoms with Gasteiger partial charge in [-0.3, -0.25) is 4.98 Å². The highest BCUT2D eigenvalue weighted by Crippen LogP contribution is 2.19. The van der Waals surface area contributed by atoms with Crippen LogP contribution in [0.25, 0.3) is 0 Å². The molecule has 0 unspecified atom stereocenters. The topological polar surface area (TPSA) is 69.6 Å². The van der Waals surface area contributed by atoms with Crippen molar-refractivity contribution in [3.05, 3.63) is 35.9 Å². The van der Waals surface area contributed by atoms with Crippen LogP contribution >= 0.6 is 11.8 Å². The molecule has 0 aliphatic rings. The van der Waals surface area contributed by atoms with Crippen LogP contribution in [-0.4, -0.2) is 19.9 Å². The number of aryl methyl sites for hydroxylation is 1. The lowest BCUT2D eigenvalue weighted by atomic mass is 10.3. The zero-order valence-corrected chi connectivity index (χ0v) is 9.81. The Morgan fingerprint density at radius 1 is 1.44 bits per heavy atom. The number of nitrogens with zero attached hydrogens (tertiary/aromatic N) is 4. The molecule has 2 heterocycles. The van der Waals surface area contributed by atoms with Gasteiger partial charge in [0.25, 0.3) is 0 Å². The summed E-state index contributed by atoms with van der Waals surface area (Å²) in [7, 11) is 0. The van der Waals surface area contributed by atoms with E-state index in [-0.39, 0.29) is 0 Å². The number of pyridine rings is 1. The molecule has 0 fully saturated rings. The maximum absolute atomic E-state index is 5.83. The number of nitrogens with two attached hydrogens (primary N) is 1. The molecule has 0 bridgehead atoms. The number of hydrogen-bond acceptors (Lipinski definition) is 5. The zero-order valence-electron chi connectivity index (χ0n) is 9.00. The molecule has 0 amide bonds. The fourth-order valence-corrected chi connectivity index (χ4v) is 2.09. The Hall–Kier alpha value is -1.56. The number of rotatable bonds is 4. The van der Waals surface area contributed by atoms with Gasteiger partial charge in [0.2, 0.25) is 5.16 Å². The van der Waals surface area contributed by atoms with E-state index < -0.39 is 0 Å². The molecule has 2 aromatic rings.